The number of nitrogens with one attached hydrogen (secondary N) is 1. The van der Waals surface area contributed by atoms with Crippen LogP contribution in [-0.2, 0) is 16.1 Å². The standard InChI is InChI=1S/C32H28N4O9/c1-4-42-31(38)28-18(2)33-32-34-23(30(37)35(32)29(28)21-8-12-25-27(15-21)45-17-44-25)13-20-7-11-24(26(14-20)41-3)43-16-19-5-9-22(10-6-19)36(39)40/h5-15,29H,4,16-17H2,1-3H3,(H,33,34)/b23-13+. The van der Waals surface area contributed by atoms with Gasteiger partial charge in [-0.05, 0) is 73.0 Å². The first-order valence-corrected chi connectivity index (χ1v) is 14.0. The molecule has 0 bridgehead atoms. The molecular formula is C32H28N4O9. The largest absolute Gasteiger partial charge is 0.493 e. The number of nitrogens with zero attached hydrogens (tertiary/aromatic N) is 3. The first kappa shape index (κ1) is 29.2. The van der Waals surface area contributed by atoms with Crippen LogP contribution in [0.5, 0.6) is 23.0 Å². The zero-order chi connectivity index (χ0) is 31.7. The summed E-state index contributed by atoms with van der Waals surface area (Å²) in [5.41, 5.74) is 2.54. The van der Waals surface area contributed by atoms with Crippen LogP contribution in [0.3, 0.4) is 0 Å². The van der Waals surface area contributed by atoms with Crippen molar-refractivity contribution in [2.24, 2.45) is 4.99 Å². The third kappa shape index (κ3) is 5.62. The molecule has 0 spiro atoms. The number of carbonyl (C=O) groups is 1. The highest BCUT2D eigenvalue weighted by Crippen LogP contribution is 2.38. The molecule has 3 heterocycles. The van der Waals surface area contributed by atoms with E-state index in [1.54, 1.807) is 68.5 Å². The first-order valence-electron chi connectivity index (χ1n) is 14.0. The molecule has 3 aromatic carbocycles. The van der Waals surface area contributed by atoms with E-state index in [2.05, 4.69) is 9.98 Å². The number of rotatable bonds is 9. The molecule has 2 aliphatic rings. The lowest BCUT2D eigenvalue weighted by Crippen LogP contribution is -2.40. The zero-order valence-corrected chi connectivity index (χ0v) is 24.6. The Labute approximate surface area is 255 Å². The van der Waals surface area contributed by atoms with Crippen molar-refractivity contribution in [2.75, 3.05) is 20.5 Å². The summed E-state index contributed by atoms with van der Waals surface area (Å²) in [6, 6.07) is 15.7. The lowest BCUT2D eigenvalue weighted by Gasteiger charge is -2.24. The van der Waals surface area contributed by atoms with Gasteiger partial charge in [0.25, 0.3) is 11.2 Å². The molecule has 0 aliphatic carbocycles. The summed E-state index contributed by atoms with van der Waals surface area (Å²) in [7, 11) is 1.50. The van der Waals surface area contributed by atoms with Gasteiger partial charge in [-0.15, -0.1) is 0 Å². The van der Waals surface area contributed by atoms with Crippen LogP contribution in [0.4, 0.5) is 5.69 Å². The number of fused-ring (bicyclic) bond motifs is 2. The molecule has 2 aliphatic heterocycles. The average Bonchev–Trinajstić information content (AvgIpc) is 3.63. The topological polar surface area (TPSA) is 157 Å². The Morgan fingerprint density at radius 3 is 2.62 bits per heavy atom. The number of hydrogen-bond acceptors (Lipinski definition) is 10. The number of esters is 1. The number of nitro groups is 1. The van der Waals surface area contributed by atoms with Crippen molar-refractivity contribution in [3.05, 3.63) is 120 Å². The minimum absolute atomic E-state index is 0.00352. The molecule has 0 amide bonds. The van der Waals surface area contributed by atoms with E-state index in [0.717, 1.165) is 5.56 Å². The molecular weight excluding hydrogens is 584 g/mol. The molecule has 0 saturated carbocycles. The number of aromatic nitrogens is 2. The van der Waals surface area contributed by atoms with E-state index in [9.17, 15) is 19.7 Å². The number of benzene rings is 3. The SMILES string of the molecule is CCOC(=O)C1=C(C)N=c2[nH]/c(=C/c3ccc(OCc4ccc([N+](=O)[O-])cc4)c(OC)c3)c(=O)n2C1c1ccc2c(c1)OCO2. The van der Waals surface area contributed by atoms with Crippen molar-refractivity contribution in [3.63, 3.8) is 0 Å². The molecule has 13 nitrogen and oxygen atoms in total. The fraction of sp³-hybridized carbons (Fsp3) is 0.219. The molecule has 230 valence electrons. The molecule has 0 saturated heterocycles. The molecule has 4 aromatic rings. The van der Waals surface area contributed by atoms with Crippen LogP contribution in [0.2, 0.25) is 0 Å². The van der Waals surface area contributed by atoms with Crippen LogP contribution >= 0.6 is 0 Å². The average molecular weight is 613 g/mol. The highest BCUT2D eigenvalue weighted by atomic mass is 16.7. The lowest BCUT2D eigenvalue weighted by molar-refractivity contribution is -0.384. The minimum atomic E-state index is -0.832. The van der Waals surface area contributed by atoms with Crippen molar-refractivity contribution >= 4 is 17.7 Å². The van der Waals surface area contributed by atoms with Crippen molar-refractivity contribution in [1.82, 2.24) is 9.55 Å². The van der Waals surface area contributed by atoms with E-state index in [0.29, 0.717) is 39.8 Å². The summed E-state index contributed by atoms with van der Waals surface area (Å²) in [6.45, 7) is 3.82. The van der Waals surface area contributed by atoms with Crippen LogP contribution in [0, 0.1) is 10.1 Å². The maximum absolute atomic E-state index is 13.9. The molecule has 13 heteroatoms. The van der Waals surface area contributed by atoms with E-state index in [1.165, 1.54) is 23.8 Å². The number of aromatic amines is 1. The number of imidazole rings is 1. The van der Waals surface area contributed by atoms with Gasteiger partial charge < -0.3 is 28.7 Å². The van der Waals surface area contributed by atoms with Gasteiger partial charge in [-0.1, -0.05) is 12.1 Å². The van der Waals surface area contributed by atoms with E-state index in [-0.39, 0.29) is 42.2 Å². The quantitative estimate of drug-likeness (QED) is 0.170. The van der Waals surface area contributed by atoms with Gasteiger partial charge in [0.1, 0.15) is 12.0 Å². The highest BCUT2D eigenvalue weighted by Gasteiger charge is 2.34. The Balaban J connectivity index is 1.35. The van der Waals surface area contributed by atoms with Gasteiger partial charge in [0, 0.05) is 12.1 Å². The second-order valence-corrected chi connectivity index (χ2v) is 10.2. The van der Waals surface area contributed by atoms with E-state index < -0.39 is 22.5 Å². The summed E-state index contributed by atoms with van der Waals surface area (Å²) in [5.74, 6) is 1.39. The van der Waals surface area contributed by atoms with Gasteiger partial charge >= 0.3 is 5.97 Å². The second-order valence-electron chi connectivity index (χ2n) is 10.2. The fourth-order valence-electron chi connectivity index (χ4n) is 5.23. The number of allylic oxidation sites excluding steroid dienone is 1. The molecule has 45 heavy (non-hydrogen) atoms. The maximum atomic E-state index is 13.9. The Morgan fingerprint density at radius 2 is 1.89 bits per heavy atom. The van der Waals surface area contributed by atoms with Gasteiger partial charge in [0.15, 0.2) is 23.0 Å². The Morgan fingerprint density at radius 1 is 1.11 bits per heavy atom. The third-order valence-electron chi connectivity index (χ3n) is 7.37. The highest BCUT2D eigenvalue weighted by molar-refractivity contribution is 5.91. The van der Waals surface area contributed by atoms with E-state index in [1.807, 2.05) is 0 Å². The van der Waals surface area contributed by atoms with E-state index in [4.69, 9.17) is 23.7 Å². The predicted octanol–water partition coefficient (Wildman–Crippen LogP) is 3.29. The van der Waals surface area contributed by atoms with Gasteiger partial charge in [-0.25, -0.2) is 9.79 Å². The lowest BCUT2D eigenvalue weighted by atomic mass is 9.95. The summed E-state index contributed by atoms with van der Waals surface area (Å²) < 4.78 is 29.2. The van der Waals surface area contributed by atoms with Crippen LogP contribution in [-0.4, -0.2) is 41.0 Å². The monoisotopic (exact) mass is 612 g/mol. The molecule has 6 rings (SSSR count). The van der Waals surface area contributed by atoms with Crippen molar-refractivity contribution in [3.8, 4) is 23.0 Å². The Hall–Kier alpha value is -5.85. The first-order chi connectivity index (χ1) is 21.8. The maximum Gasteiger partial charge on any atom is 0.338 e. The summed E-state index contributed by atoms with van der Waals surface area (Å²) in [5, 5.41) is 11.1. The van der Waals surface area contributed by atoms with Crippen LogP contribution < -0.4 is 35.5 Å². The molecule has 0 fully saturated rings. The van der Waals surface area contributed by atoms with Crippen LogP contribution in [0.15, 0.2) is 81.7 Å². The molecule has 1 atom stereocenters. The molecule has 0 radical (unpaired) electrons. The number of hydrogen-bond donors (Lipinski definition) is 1. The van der Waals surface area contributed by atoms with Gasteiger partial charge in [0.2, 0.25) is 12.4 Å². The molecule has 1 N–H and O–H groups in total. The number of carbonyl (C=O) groups excluding carboxylic acids is 1. The van der Waals surface area contributed by atoms with Gasteiger partial charge in [0.05, 0.1) is 36.0 Å². The van der Waals surface area contributed by atoms with Crippen molar-refractivity contribution in [1.29, 1.82) is 0 Å². The normalized spacial score (nSPS) is 15.4. The fourth-order valence-corrected chi connectivity index (χ4v) is 5.23. The Bertz CT molecular complexity index is 2030. The summed E-state index contributed by atoms with van der Waals surface area (Å²) in [6.07, 6.45) is 1.65. The second kappa shape index (κ2) is 12.0. The number of non-ortho nitro benzene ring substituents is 1. The van der Waals surface area contributed by atoms with Crippen molar-refractivity contribution in [2.45, 2.75) is 26.5 Å². The van der Waals surface area contributed by atoms with Crippen LogP contribution in [0.1, 0.15) is 36.6 Å². The van der Waals surface area contributed by atoms with Crippen LogP contribution in [0.25, 0.3) is 6.08 Å². The van der Waals surface area contributed by atoms with Crippen molar-refractivity contribution < 1.29 is 33.4 Å². The smallest absolute Gasteiger partial charge is 0.338 e. The number of ether oxygens (including phenoxy) is 5. The predicted molar refractivity (Wildman–Crippen MR) is 160 cm³/mol. The van der Waals surface area contributed by atoms with Gasteiger partial charge in [-0.3, -0.25) is 19.5 Å². The molecule has 1 unspecified atom stereocenters. The third-order valence-corrected chi connectivity index (χ3v) is 7.37. The number of H-pyrrole nitrogens is 1. The van der Waals surface area contributed by atoms with Gasteiger partial charge in [-0.2, -0.15) is 0 Å². The zero-order valence-electron chi connectivity index (χ0n) is 24.6. The summed E-state index contributed by atoms with van der Waals surface area (Å²) >= 11 is 0. The van der Waals surface area contributed by atoms with E-state index >= 15 is 0 Å². The number of methoxy groups -OCH3 is 1. The summed E-state index contributed by atoms with van der Waals surface area (Å²) in [4.78, 5) is 45.2. The Kier molecular flexibility index (Phi) is 7.82. The molecule has 1 aromatic heterocycles. The number of nitro benzene ring substituents is 1. The minimum Gasteiger partial charge on any atom is -0.493 e.